The standard InChI is InChI=1S/C20H15N3O5S/c1-26-18(24)9-23-14-6-15-16(28-10-27-15)7-17(14)29-20(23)22-19(25)12-8-21-13-5-3-2-4-11(12)13/h2-8,21H,9-10H2,1H3. The number of aromatic nitrogens is 2. The molecule has 0 atom stereocenters. The van der Waals surface area contributed by atoms with E-state index in [9.17, 15) is 9.59 Å². The van der Waals surface area contributed by atoms with E-state index in [4.69, 9.17) is 14.2 Å². The van der Waals surface area contributed by atoms with Crippen molar-refractivity contribution < 1.29 is 23.8 Å². The molecule has 2 aromatic heterocycles. The Morgan fingerprint density at radius 1 is 1.24 bits per heavy atom. The number of rotatable bonds is 3. The molecule has 0 unspecified atom stereocenters. The number of methoxy groups -OCH3 is 1. The van der Waals surface area contributed by atoms with E-state index in [1.54, 1.807) is 16.8 Å². The third-order valence-electron chi connectivity index (χ3n) is 4.71. The Balaban J connectivity index is 1.67. The Bertz CT molecular complexity index is 1350. The van der Waals surface area contributed by atoms with Crippen LogP contribution in [0.15, 0.2) is 47.6 Å². The Hall–Kier alpha value is -3.59. The molecular formula is C20H15N3O5S. The number of para-hydroxylation sites is 1. The molecule has 2 aromatic carbocycles. The van der Waals surface area contributed by atoms with Crippen LogP contribution >= 0.6 is 11.3 Å². The topological polar surface area (TPSA) is 94.9 Å². The minimum Gasteiger partial charge on any atom is -0.468 e. The summed E-state index contributed by atoms with van der Waals surface area (Å²) in [6.45, 7) is 0.0794. The van der Waals surface area contributed by atoms with Gasteiger partial charge in [-0.3, -0.25) is 9.59 Å². The highest BCUT2D eigenvalue weighted by Crippen LogP contribution is 2.37. The van der Waals surface area contributed by atoms with Gasteiger partial charge in [0.15, 0.2) is 16.3 Å². The molecule has 1 aliphatic rings. The molecule has 0 bridgehead atoms. The van der Waals surface area contributed by atoms with E-state index in [1.165, 1.54) is 18.4 Å². The summed E-state index contributed by atoms with van der Waals surface area (Å²) in [4.78, 5) is 32.7. The normalized spacial score (nSPS) is 13.3. The Morgan fingerprint density at radius 2 is 2.03 bits per heavy atom. The first-order chi connectivity index (χ1) is 14.1. The van der Waals surface area contributed by atoms with Crippen LogP contribution in [-0.4, -0.2) is 35.3 Å². The molecule has 1 amide bonds. The number of esters is 1. The minimum absolute atomic E-state index is 0.0733. The lowest BCUT2D eigenvalue weighted by Crippen LogP contribution is -2.22. The largest absolute Gasteiger partial charge is 0.468 e. The fourth-order valence-corrected chi connectivity index (χ4v) is 4.32. The highest BCUT2D eigenvalue weighted by molar-refractivity contribution is 7.16. The number of nitrogens with one attached hydrogen (secondary N) is 1. The molecule has 4 aromatic rings. The number of nitrogens with zero attached hydrogens (tertiary/aromatic N) is 2. The number of hydrogen-bond acceptors (Lipinski definition) is 6. The predicted octanol–water partition coefficient (Wildman–Crippen LogP) is 2.83. The van der Waals surface area contributed by atoms with Crippen molar-refractivity contribution in [3.05, 3.63) is 53.0 Å². The molecule has 5 rings (SSSR count). The molecule has 1 N–H and O–H groups in total. The number of amides is 1. The van der Waals surface area contributed by atoms with Gasteiger partial charge in [-0.1, -0.05) is 29.5 Å². The highest BCUT2D eigenvalue weighted by atomic mass is 32.1. The van der Waals surface area contributed by atoms with E-state index in [-0.39, 0.29) is 13.3 Å². The molecule has 0 fully saturated rings. The van der Waals surface area contributed by atoms with Crippen molar-refractivity contribution in [3.8, 4) is 11.5 Å². The third-order valence-corrected chi connectivity index (χ3v) is 5.75. The number of thiazole rings is 1. The number of fused-ring (bicyclic) bond motifs is 3. The van der Waals surface area contributed by atoms with Crippen molar-refractivity contribution in [2.24, 2.45) is 4.99 Å². The second kappa shape index (κ2) is 6.78. The zero-order valence-electron chi connectivity index (χ0n) is 15.3. The monoisotopic (exact) mass is 409 g/mol. The molecule has 8 nitrogen and oxygen atoms in total. The molecule has 0 saturated carbocycles. The van der Waals surface area contributed by atoms with Gasteiger partial charge in [-0.25, -0.2) is 0 Å². The van der Waals surface area contributed by atoms with Crippen LogP contribution in [0.5, 0.6) is 11.5 Å². The van der Waals surface area contributed by atoms with Crippen molar-refractivity contribution in [3.63, 3.8) is 0 Å². The van der Waals surface area contributed by atoms with Gasteiger partial charge in [0.1, 0.15) is 6.54 Å². The van der Waals surface area contributed by atoms with E-state index in [0.717, 1.165) is 21.1 Å². The number of benzene rings is 2. The van der Waals surface area contributed by atoms with Crippen LogP contribution in [0.2, 0.25) is 0 Å². The summed E-state index contributed by atoms with van der Waals surface area (Å²) in [6.07, 6.45) is 1.64. The van der Waals surface area contributed by atoms with Gasteiger partial charge in [0.2, 0.25) is 6.79 Å². The molecule has 0 radical (unpaired) electrons. The second-order valence-electron chi connectivity index (χ2n) is 6.38. The van der Waals surface area contributed by atoms with Gasteiger partial charge in [0, 0.05) is 29.2 Å². The van der Waals surface area contributed by atoms with Crippen LogP contribution in [0.3, 0.4) is 0 Å². The van der Waals surface area contributed by atoms with Gasteiger partial charge in [0.25, 0.3) is 5.91 Å². The van der Waals surface area contributed by atoms with E-state index in [2.05, 4.69) is 9.98 Å². The molecule has 0 saturated heterocycles. The fourth-order valence-electron chi connectivity index (χ4n) is 3.29. The van der Waals surface area contributed by atoms with E-state index < -0.39 is 11.9 Å². The predicted molar refractivity (Wildman–Crippen MR) is 106 cm³/mol. The van der Waals surface area contributed by atoms with Gasteiger partial charge >= 0.3 is 5.97 Å². The number of ether oxygens (including phenoxy) is 3. The summed E-state index contributed by atoms with van der Waals surface area (Å²) in [6, 6.07) is 11.1. The lowest BCUT2D eigenvalue weighted by atomic mass is 10.2. The quantitative estimate of drug-likeness (QED) is 0.525. The summed E-state index contributed by atoms with van der Waals surface area (Å²) in [5, 5.41) is 0.794. The average molecular weight is 409 g/mol. The van der Waals surface area contributed by atoms with Gasteiger partial charge in [0.05, 0.1) is 22.9 Å². The van der Waals surface area contributed by atoms with E-state index in [0.29, 0.717) is 21.9 Å². The Kier molecular flexibility index (Phi) is 4.09. The summed E-state index contributed by atoms with van der Waals surface area (Å²) < 4.78 is 18.2. The zero-order valence-corrected chi connectivity index (χ0v) is 16.1. The SMILES string of the molecule is COC(=O)Cn1c(=NC(=O)c2c[nH]c3ccccc23)sc2cc3c(cc21)OCO3. The molecular weight excluding hydrogens is 394 g/mol. The minimum atomic E-state index is -0.441. The van der Waals surface area contributed by atoms with Crippen LogP contribution in [0.25, 0.3) is 21.1 Å². The maximum absolute atomic E-state index is 12.9. The first-order valence-corrected chi connectivity index (χ1v) is 9.60. The summed E-state index contributed by atoms with van der Waals surface area (Å²) in [5.74, 6) is 0.373. The summed E-state index contributed by atoms with van der Waals surface area (Å²) in [7, 11) is 1.32. The number of carbonyl (C=O) groups is 2. The maximum atomic E-state index is 12.9. The van der Waals surface area contributed by atoms with Crippen molar-refractivity contribution >= 4 is 44.3 Å². The van der Waals surface area contributed by atoms with Crippen LogP contribution in [0.1, 0.15) is 10.4 Å². The second-order valence-corrected chi connectivity index (χ2v) is 7.39. The Labute approximate surface area is 168 Å². The van der Waals surface area contributed by atoms with Gasteiger partial charge in [-0.05, 0) is 6.07 Å². The van der Waals surface area contributed by atoms with Gasteiger partial charge in [-0.15, -0.1) is 0 Å². The molecule has 29 heavy (non-hydrogen) atoms. The van der Waals surface area contributed by atoms with Gasteiger partial charge < -0.3 is 23.8 Å². The van der Waals surface area contributed by atoms with E-state index >= 15 is 0 Å². The number of hydrogen-bond donors (Lipinski definition) is 1. The first kappa shape index (κ1) is 17.5. The molecule has 1 aliphatic heterocycles. The lowest BCUT2D eigenvalue weighted by molar-refractivity contribution is -0.141. The smallest absolute Gasteiger partial charge is 0.325 e. The van der Waals surface area contributed by atoms with E-state index in [1.807, 2.05) is 30.3 Å². The molecule has 9 heteroatoms. The Morgan fingerprint density at radius 3 is 2.86 bits per heavy atom. The summed E-state index contributed by atoms with van der Waals surface area (Å²) >= 11 is 1.30. The zero-order chi connectivity index (χ0) is 20.0. The van der Waals surface area contributed by atoms with Crippen molar-refractivity contribution in [2.45, 2.75) is 6.54 Å². The number of carbonyl (C=O) groups excluding carboxylic acids is 2. The van der Waals surface area contributed by atoms with Crippen LogP contribution in [0, 0.1) is 0 Å². The first-order valence-electron chi connectivity index (χ1n) is 8.79. The molecule has 0 aliphatic carbocycles. The molecule has 3 heterocycles. The fraction of sp³-hybridized carbons (Fsp3) is 0.150. The van der Waals surface area contributed by atoms with Crippen molar-refractivity contribution in [1.82, 2.24) is 9.55 Å². The summed E-state index contributed by atoms with van der Waals surface area (Å²) in [5.41, 5.74) is 2.04. The maximum Gasteiger partial charge on any atom is 0.325 e. The number of H-pyrrole nitrogens is 1. The van der Waals surface area contributed by atoms with Crippen LogP contribution in [-0.2, 0) is 16.1 Å². The molecule has 0 spiro atoms. The number of aromatic amines is 1. The molecule has 146 valence electrons. The van der Waals surface area contributed by atoms with Gasteiger partial charge in [-0.2, -0.15) is 4.99 Å². The highest BCUT2D eigenvalue weighted by Gasteiger charge is 2.20. The third kappa shape index (κ3) is 2.95. The van der Waals surface area contributed by atoms with Crippen LogP contribution < -0.4 is 14.3 Å². The van der Waals surface area contributed by atoms with Crippen molar-refractivity contribution in [2.75, 3.05) is 13.9 Å². The average Bonchev–Trinajstić information content (AvgIpc) is 3.43. The lowest BCUT2D eigenvalue weighted by Gasteiger charge is -2.04. The van der Waals surface area contributed by atoms with Crippen LogP contribution in [0.4, 0.5) is 0 Å². The van der Waals surface area contributed by atoms with Crippen molar-refractivity contribution in [1.29, 1.82) is 0 Å².